The van der Waals surface area contributed by atoms with E-state index < -0.39 is 0 Å². The summed E-state index contributed by atoms with van der Waals surface area (Å²) in [5.41, 5.74) is 1.07. The normalized spacial score (nSPS) is 6.67. The summed E-state index contributed by atoms with van der Waals surface area (Å²) >= 11 is 0. The van der Waals surface area contributed by atoms with Gasteiger partial charge in [-0.25, -0.2) is 0 Å². The molecule has 0 bridgehead atoms. The summed E-state index contributed by atoms with van der Waals surface area (Å²) in [6, 6.07) is 9.87. The first-order chi connectivity index (χ1) is 3.39. The van der Waals surface area contributed by atoms with E-state index in [0.29, 0.717) is 0 Å². The molecule has 0 saturated heterocycles. The van der Waals surface area contributed by atoms with Crippen LogP contribution in [0.1, 0.15) is 5.56 Å². The third kappa shape index (κ3) is 4.19. The maximum atomic E-state index is 3.72. The van der Waals surface area contributed by atoms with Crippen LogP contribution in [-0.2, 0) is 25.0 Å². The van der Waals surface area contributed by atoms with Gasteiger partial charge in [-0.2, -0.15) is 24.6 Å². The Morgan fingerprint density at radius 1 is 1.00 bits per heavy atom. The largest absolute Gasteiger partial charge is 2.00 e. The minimum atomic E-state index is 0. The Morgan fingerprint density at radius 2 is 1.44 bits per heavy atom. The molecule has 0 aliphatic rings. The van der Waals surface area contributed by atoms with Crippen LogP contribution in [0.5, 0.6) is 0 Å². The zero-order valence-corrected chi connectivity index (χ0v) is 8.18. The van der Waals surface area contributed by atoms with Gasteiger partial charge >= 0.3 is 19.5 Å². The zero-order chi connectivity index (χ0) is 5.11. The Bertz CT molecular complexity index is 139. The molecule has 9 heavy (non-hydrogen) atoms. The van der Waals surface area contributed by atoms with Crippen LogP contribution in [0.25, 0.3) is 0 Å². The molecule has 1 nitrogen and oxygen atoms in total. The summed E-state index contributed by atoms with van der Waals surface area (Å²) in [5, 5.41) is 0. The predicted octanol–water partition coefficient (Wildman–Crippen LogP) is 1.75. The summed E-state index contributed by atoms with van der Waals surface area (Å²) < 4.78 is 0. The van der Waals surface area contributed by atoms with Gasteiger partial charge in [-0.15, -0.1) is 12.1 Å². The van der Waals surface area contributed by atoms with Crippen LogP contribution in [0.15, 0.2) is 30.3 Å². The van der Waals surface area contributed by atoms with Crippen molar-refractivity contribution in [1.29, 1.82) is 0 Å². The average Bonchev–Trinajstić information content (AvgIpc) is 1.69. The van der Waals surface area contributed by atoms with Gasteiger partial charge in [0.25, 0.3) is 0 Å². The van der Waals surface area contributed by atoms with Crippen LogP contribution in [0.4, 0.5) is 0 Å². The van der Waals surface area contributed by atoms with Crippen molar-refractivity contribution < 1.29 is 25.0 Å². The molecule has 1 aromatic rings. The van der Waals surface area contributed by atoms with Crippen LogP contribution >= 0.6 is 0 Å². The second-order valence-corrected chi connectivity index (χ2v) is 1.49. The fraction of sp³-hybridized carbons (Fsp3) is 0. The molecule has 0 aliphatic heterocycles. The number of hydrogen-bond acceptors (Lipinski definition) is 0. The summed E-state index contributed by atoms with van der Waals surface area (Å²) in [4.78, 5) is 0. The molecular formula is C7H7OZn-. The van der Waals surface area contributed by atoms with E-state index >= 15 is 0 Å². The standard InChI is InChI=1S/C7H7.O.Zn/c1-7-5-3-2-4-6-7;;/h2-6H,1H2;;/q-1;-2;+2. The second-order valence-electron chi connectivity index (χ2n) is 1.49. The monoisotopic (exact) mass is 171 g/mol. The van der Waals surface area contributed by atoms with E-state index in [-0.39, 0.29) is 25.0 Å². The van der Waals surface area contributed by atoms with E-state index in [1.807, 2.05) is 30.3 Å². The fourth-order valence-corrected chi connectivity index (χ4v) is 0.478. The first kappa shape index (κ1) is 11.5. The van der Waals surface area contributed by atoms with Crippen molar-refractivity contribution in [3.05, 3.63) is 42.8 Å². The first-order valence-corrected chi connectivity index (χ1v) is 2.26. The molecule has 0 heterocycles. The Labute approximate surface area is 68.2 Å². The smallest absolute Gasteiger partial charge is 2.00 e. The number of rotatable bonds is 0. The third-order valence-corrected chi connectivity index (χ3v) is 0.843. The summed E-state index contributed by atoms with van der Waals surface area (Å²) in [6.45, 7) is 3.72. The van der Waals surface area contributed by atoms with E-state index in [1.165, 1.54) is 0 Å². The van der Waals surface area contributed by atoms with Crippen molar-refractivity contribution >= 4 is 0 Å². The Hall–Kier alpha value is -0.327. The Kier molecular flexibility index (Phi) is 7.39. The molecular weight excluding hydrogens is 165 g/mol. The maximum Gasteiger partial charge on any atom is 2.00 e. The molecule has 44 valence electrons. The molecule has 0 saturated carbocycles. The fourth-order valence-electron chi connectivity index (χ4n) is 0.478. The topological polar surface area (TPSA) is 28.5 Å². The van der Waals surface area contributed by atoms with Crippen molar-refractivity contribution in [3.63, 3.8) is 0 Å². The maximum absolute atomic E-state index is 3.72. The van der Waals surface area contributed by atoms with Crippen molar-refractivity contribution in [2.45, 2.75) is 0 Å². The van der Waals surface area contributed by atoms with E-state index in [1.54, 1.807) is 0 Å². The van der Waals surface area contributed by atoms with E-state index in [9.17, 15) is 0 Å². The molecule has 2 heteroatoms. The van der Waals surface area contributed by atoms with Gasteiger partial charge in [-0.1, -0.05) is 6.07 Å². The first-order valence-electron chi connectivity index (χ1n) is 2.26. The van der Waals surface area contributed by atoms with Gasteiger partial charge in [0, 0.05) is 0 Å². The summed E-state index contributed by atoms with van der Waals surface area (Å²) in [6.07, 6.45) is 0. The van der Waals surface area contributed by atoms with Gasteiger partial charge in [0.2, 0.25) is 0 Å². The predicted molar refractivity (Wildman–Crippen MR) is 31.6 cm³/mol. The van der Waals surface area contributed by atoms with Crippen molar-refractivity contribution in [1.82, 2.24) is 0 Å². The minimum Gasteiger partial charge on any atom is -2.00 e. The molecule has 0 spiro atoms. The molecule has 0 aliphatic carbocycles. The molecule has 0 unspecified atom stereocenters. The summed E-state index contributed by atoms with van der Waals surface area (Å²) in [7, 11) is 0. The third-order valence-electron chi connectivity index (χ3n) is 0.843. The molecule has 0 amide bonds. The van der Waals surface area contributed by atoms with Crippen molar-refractivity contribution in [3.8, 4) is 0 Å². The SMILES string of the molecule is [CH2-]c1ccccc1.[O-2].[Zn+2]. The molecule has 0 aromatic heterocycles. The van der Waals surface area contributed by atoms with Crippen LogP contribution in [0.3, 0.4) is 0 Å². The van der Waals surface area contributed by atoms with E-state index in [4.69, 9.17) is 0 Å². The van der Waals surface area contributed by atoms with E-state index in [0.717, 1.165) is 5.56 Å². The molecule has 1 rings (SSSR count). The molecule has 0 fully saturated rings. The van der Waals surface area contributed by atoms with Gasteiger partial charge < -0.3 is 5.48 Å². The molecule has 0 atom stereocenters. The molecule has 0 radical (unpaired) electrons. The van der Waals surface area contributed by atoms with Gasteiger partial charge in [-0.05, 0) is 0 Å². The van der Waals surface area contributed by atoms with Crippen molar-refractivity contribution in [2.75, 3.05) is 0 Å². The van der Waals surface area contributed by atoms with Gasteiger partial charge in [-0.3, -0.25) is 0 Å². The quantitative estimate of drug-likeness (QED) is 0.421. The molecule has 0 N–H and O–H groups in total. The summed E-state index contributed by atoms with van der Waals surface area (Å²) in [5.74, 6) is 0. The number of hydrogen-bond donors (Lipinski definition) is 0. The zero-order valence-electron chi connectivity index (χ0n) is 5.21. The van der Waals surface area contributed by atoms with Gasteiger partial charge in [0.15, 0.2) is 0 Å². The van der Waals surface area contributed by atoms with Crippen LogP contribution in [0, 0.1) is 6.92 Å². The number of benzene rings is 1. The van der Waals surface area contributed by atoms with E-state index in [2.05, 4.69) is 6.92 Å². The van der Waals surface area contributed by atoms with Crippen LogP contribution < -0.4 is 0 Å². The van der Waals surface area contributed by atoms with Crippen molar-refractivity contribution in [2.24, 2.45) is 0 Å². The minimum absolute atomic E-state index is 0. The van der Waals surface area contributed by atoms with Crippen LogP contribution in [0.2, 0.25) is 0 Å². The second kappa shape index (κ2) is 5.80. The Morgan fingerprint density at radius 3 is 1.67 bits per heavy atom. The van der Waals surface area contributed by atoms with Gasteiger partial charge in [0.05, 0.1) is 0 Å². The Balaban J connectivity index is 0. The average molecular weight is 173 g/mol. The van der Waals surface area contributed by atoms with Gasteiger partial charge in [0.1, 0.15) is 0 Å². The van der Waals surface area contributed by atoms with Crippen LogP contribution in [-0.4, -0.2) is 0 Å². The molecule has 1 aromatic carbocycles.